The summed E-state index contributed by atoms with van der Waals surface area (Å²) in [4.78, 5) is 16.8. The lowest BCUT2D eigenvalue weighted by Crippen LogP contribution is -2.11. The van der Waals surface area contributed by atoms with Gasteiger partial charge in [-0.2, -0.15) is 0 Å². The summed E-state index contributed by atoms with van der Waals surface area (Å²) in [6, 6.07) is 18.1. The molecular weight excluding hydrogens is 463 g/mol. The zero-order valence-corrected chi connectivity index (χ0v) is 17.5. The number of fused-ring (bicyclic) bond motifs is 1. The zero-order valence-electron chi connectivity index (χ0n) is 14.4. The number of carbonyl (C=O) groups excluding carboxylic acids is 1. The van der Waals surface area contributed by atoms with Gasteiger partial charge in [-0.1, -0.05) is 57.3 Å². The second kappa shape index (κ2) is 7.95. The number of halogens is 3. The van der Waals surface area contributed by atoms with Gasteiger partial charge in [-0.05, 0) is 48.0 Å². The zero-order chi connectivity index (χ0) is 19.7. The Morgan fingerprint density at radius 1 is 1.07 bits per heavy atom. The van der Waals surface area contributed by atoms with E-state index in [1.54, 1.807) is 24.3 Å². The lowest BCUT2D eigenvalue weighted by atomic mass is 10.1. The molecule has 0 atom stereocenters. The van der Waals surface area contributed by atoms with E-state index in [4.69, 9.17) is 27.6 Å². The first-order chi connectivity index (χ1) is 13.5. The predicted octanol–water partition coefficient (Wildman–Crippen LogP) is 6.74. The SMILES string of the molecule is O=C(Nc1ccc(Cc2nc3cc(Cl)cc(Cl)c3o2)cc1)c1cccc(Br)c1. The Kier molecular flexibility index (Phi) is 5.40. The molecule has 7 heteroatoms. The Balaban J connectivity index is 1.47. The highest BCUT2D eigenvalue weighted by atomic mass is 79.9. The Hall–Kier alpha value is -2.34. The van der Waals surface area contributed by atoms with E-state index >= 15 is 0 Å². The molecule has 28 heavy (non-hydrogen) atoms. The van der Waals surface area contributed by atoms with E-state index in [1.807, 2.05) is 36.4 Å². The number of carbonyl (C=O) groups is 1. The van der Waals surface area contributed by atoms with Crippen molar-refractivity contribution in [2.24, 2.45) is 0 Å². The highest BCUT2D eigenvalue weighted by Crippen LogP contribution is 2.29. The maximum Gasteiger partial charge on any atom is 0.255 e. The molecule has 0 radical (unpaired) electrons. The number of rotatable bonds is 4. The summed E-state index contributed by atoms with van der Waals surface area (Å²) in [7, 11) is 0. The number of oxazole rings is 1. The molecule has 1 N–H and O–H groups in total. The molecule has 0 bridgehead atoms. The number of aromatic nitrogens is 1. The highest BCUT2D eigenvalue weighted by Gasteiger charge is 2.12. The van der Waals surface area contributed by atoms with Crippen LogP contribution < -0.4 is 5.32 Å². The van der Waals surface area contributed by atoms with Crippen LogP contribution in [0.3, 0.4) is 0 Å². The van der Waals surface area contributed by atoms with E-state index in [0.29, 0.717) is 44.7 Å². The quantitative estimate of drug-likeness (QED) is 0.355. The molecular formula is C21H13BrCl2N2O2. The third-order valence-corrected chi connectivity index (χ3v) is 5.10. The van der Waals surface area contributed by atoms with E-state index in [0.717, 1.165) is 10.0 Å². The van der Waals surface area contributed by atoms with Crippen LogP contribution in [-0.4, -0.2) is 10.9 Å². The van der Waals surface area contributed by atoms with Crippen molar-refractivity contribution < 1.29 is 9.21 Å². The van der Waals surface area contributed by atoms with E-state index in [2.05, 4.69) is 26.2 Å². The van der Waals surface area contributed by atoms with Gasteiger partial charge in [0, 0.05) is 27.2 Å². The van der Waals surface area contributed by atoms with E-state index in [-0.39, 0.29) is 5.91 Å². The maximum atomic E-state index is 12.3. The van der Waals surface area contributed by atoms with Crippen LogP contribution in [0.1, 0.15) is 21.8 Å². The fraction of sp³-hybridized carbons (Fsp3) is 0.0476. The number of anilines is 1. The topological polar surface area (TPSA) is 55.1 Å². The van der Waals surface area contributed by atoms with Crippen LogP contribution in [0.2, 0.25) is 10.0 Å². The molecule has 0 saturated carbocycles. The Labute approximate surface area is 179 Å². The molecule has 4 aromatic rings. The van der Waals surface area contributed by atoms with Crippen LogP contribution in [0.4, 0.5) is 5.69 Å². The Morgan fingerprint density at radius 2 is 1.86 bits per heavy atom. The molecule has 0 saturated heterocycles. The van der Waals surface area contributed by atoms with Crippen molar-refractivity contribution in [2.75, 3.05) is 5.32 Å². The maximum absolute atomic E-state index is 12.3. The van der Waals surface area contributed by atoms with Crippen LogP contribution in [0.15, 0.2) is 69.6 Å². The molecule has 4 rings (SSSR count). The van der Waals surface area contributed by atoms with E-state index < -0.39 is 0 Å². The third kappa shape index (κ3) is 4.22. The summed E-state index contributed by atoms with van der Waals surface area (Å²) in [6.45, 7) is 0. The molecule has 0 aliphatic carbocycles. The normalized spacial score (nSPS) is 11.0. The average Bonchev–Trinajstić information content (AvgIpc) is 3.06. The molecule has 3 aromatic carbocycles. The molecule has 140 valence electrons. The molecule has 0 aliphatic heterocycles. The van der Waals surface area contributed by atoms with Gasteiger partial charge in [-0.25, -0.2) is 4.98 Å². The van der Waals surface area contributed by atoms with Crippen LogP contribution in [-0.2, 0) is 6.42 Å². The largest absolute Gasteiger partial charge is 0.439 e. The second-order valence-electron chi connectivity index (χ2n) is 6.18. The van der Waals surface area contributed by atoms with Crippen molar-refractivity contribution in [1.82, 2.24) is 4.98 Å². The smallest absolute Gasteiger partial charge is 0.255 e. The monoisotopic (exact) mass is 474 g/mol. The fourth-order valence-electron chi connectivity index (χ4n) is 2.79. The van der Waals surface area contributed by atoms with Gasteiger partial charge in [0.25, 0.3) is 5.91 Å². The molecule has 0 unspecified atom stereocenters. The van der Waals surface area contributed by atoms with E-state index in [9.17, 15) is 4.79 Å². The summed E-state index contributed by atoms with van der Waals surface area (Å²) < 4.78 is 6.60. The first kappa shape index (κ1) is 19.0. The molecule has 1 amide bonds. The Bertz CT molecular complexity index is 1170. The van der Waals surface area contributed by atoms with Gasteiger partial charge >= 0.3 is 0 Å². The number of hydrogen-bond acceptors (Lipinski definition) is 3. The van der Waals surface area contributed by atoms with Crippen LogP contribution in [0.5, 0.6) is 0 Å². The summed E-state index contributed by atoms with van der Waals surface area (Å²) in [6.07, 6.45) is 0.502. The number of nitrogens with one attached hydrogen (secondary N) is 1. The van der Waals surface area contributed by atoms with Crippen LogP contribution >= 0.6 is 39.1 Å². The molecule has 1 heterocycles. The number of nitrogens with zero attached hydrogens (tertiary/aromatic N) is 1. The van der Waals surface area contributed by atoms with Crippen molar-refractivity contribution >= 4 is 61.8 Å². The summed E-state index contributed by atoms with van der Waals surface area (Å²) in [5.74, 6) is 0.379. The standard InChI is InChI=1S/C21H13BrCl2N2O2/c22-14-3-1-2-13(9-14)21(27)25-16-6-4-12(5-7-16)8-19-26-18-11-15(23)10-17(24)20(18)28-19/h1-7,9-11H,8H2,(H,25,27). The van der Waals surface area contributed by atoms with Gasteiger partial charge in [0.15, 0.2) is 11.5 Å². The minimum Gasteiger partial charge on any atom is -0.439 e. The van der Waals surface area contributed by atoms with Crippen molar-refractivity contribution in [2.45, 2.75) is 6.42 Å². The predicted molar refractivity (Wildman–Crippen MR) is 115 cm³/mol. The van der Waals surface area contributed by atoms with Crippen molar-refractivity contribution in [3.8, 4) is 0 Å². The van der Waals surface area contributed by atoms with Crippen molar-refractivity contribution in [1.29, 1.82) is 0 Å². The number of hydrogen-bond donors (Lipinski definition) is 1. The lowest BCUT2D eigenvalue weighted by molar-refractivity contribution is 0.102. The first-order valence-electron chi connectivity index (χ1n) is 8.38. The van der Waals surface area contributed by atoms with Crippen molar-refractivity contribution in [3.05, 3.63) is 92.2 Å². The molecule has 4 nitrogen and oxygen atoms in total. The number of benzene rings is 3. The van der Waals surface area contributed by atoms with Crippen LogP contribution in [0.25, 0.3) is 11.1 Å². The van der Waals surface area contributed by atoms with E-state index in [1.165, 1.54) is 0 Å². The lowest BCUT2D eigenvalue weighted by Gasteiger charge is -2.06. The molecule has 1 aromatic heterocycles. The van der Waals surface area contributed by atoms with Crippen LogP contribution in [0, 0.1) is 0 Å². The van der Waals surface area contributed by atoms with Gasteiger partial charge in [0.2, 0.25) is 0 Å². The third-order valence-electron chi connectivity index (χ3n) is 4.11. The van der Waals surface area contributed by atoms with Crippen molar-refractivity contribution in [3.63, 3.8) is 0 Å². The second-order valence-corrected chi connectivity index (χ2v) is 7.94. The van der Waals surface area contributed by atoms with Gasteiger partial charge in [-0.15, -0.1) is 0 Å². The summed E-state index contributed by atoms with van der Waals surface area (Å²) >= 11 is 15.5. The highest BCUT2D eigenvalue weighted by molar-refractivity contribution is 9.10. The van der Waals surface area contributed by atoms with Gasteiger partial charge < -0.3 is 9.73 Å². The minimum atomic E-state index is -0.167. The van der Waals surface area contributed by atoms with Gasteiger partial charge in [0.05, 0.1) is 5.02 Å². The van der Waals surface area contributed by atoms with Gasteiger partial charge in [-0.3, -0.25) is 4.79 Å². The molecule has 0 fully saturated rings. The minimum absolute atomic E-state index is 0.167. The molecule has 0 aliphatic rings. The summed E-state index contributed by atoms with van der Waals surface area (Å²) in [5.41, 5.74) is 3.44. The fourth-order valence-corrected chi connectivity index (χ4v) is 3.72. The van der Waals surface area contributed by atoms with Gasteiger partial charge in [0.1, 0.15) is 5.52 Å². The molecule has 0 spiro atoms. The first-order valence-corrected chi connectivity index (χ1v) is 9.93. The Morgan fingerprint density at radius 3 is 2.61 bits per heavy atom. The summed E-state index contributed by atoms with van der Waals surface area (Å²) in [5, 5.41) is 3.83. The average molecular weight is 476 g/mol. The number of amides is 1.